The number of carboxylic acid groups (broad SMARTS) is 1. The Balaban J connectivity index is 2.22. The number of unbranched alkanes of at least 4 members (excludes halogenated alkanes) is 2. The second kappa shape index (κ2) is 6.64. The van der Waals surface area contributed by atoms with Crippen molar-refractivity contribution in [2.75, 3.05) is 6.54 Å². The molecule has 0 saturated carbocycles. The Morgan fingerprint density at radius 2 is 1.92 bits per heavy atom. The minimum Gasteiger partial charge on any atom is -0.481 e. The first-order valence-electron chi connectivity index (χ1n) is 8.02. The molecule has 1 heterocycles. The molecule has 0 fully saturated rings. The van der Waals surface area contributed by atoms with Crippen LogP contribution in [0.2, 0.25) is 0 Å². The van der Waals surface area contributed by atoms with Crippen LogP contribution in [0.25, 0.3) is 0 Å². The Hall–Kier alpha value is -1.73. The standard InChI is InChI=1S/C17H23NO5S/c1-12-17(2,3)14-11-13(24(21,22)23)8-9-15(14)18(12)10-6-4-5-7-16(19)20/h8-9,11H,4-7,10H2,1-3H3,(H-,19,20,21,22,23)/p+2. The van der Waals surface area contributed by atoms with Crippen LogP contribution in [0.15, 0.2) is 23.1 Å². The molecule has 24 heavy (non-hydrogen) atoms. The van der Waals surface area contributed by atoms with E-state index in [1.807, 2.05) is 20.8 Å². The van der Waals surface area contributed by atoms with E-state index in [4.69, 9.17) is 9.66 Å². The molecule has 0 spiro atoms. The highest BCUT2D eigenvalue weighted by atomic mass is 32.2. The summed E-state index contributed by atoms with van der Waals surface area (Å²) < 4.78 is 32.4. The highest BCUT2D eigenvalue weighted by Gasteiger charge is 2.43. The lowest BCUT2D eigenvalue weighted by Crippen LogP contribution is -2.26. The second-order valence-corrected chi connectivity index (χ2v) is 8.23. The van der Waals surface area contributed by atoms with Crippen molar-refractivity contribution in [2.45, 2.75) is 56.8 Å². The van der Waals surface area contributed by atoms with Crippen LogP contribution in [-0.4, -0.2) is 40.9 Å². The van der Waals surface area contributed by atoms with Crippen LogP contribution in [0.3, 0.4) is 0 Å². The van der Waals surface area contributed by atoms with E-state index in [0.29, 0.717) is 6.42 Å². The van der Waals surface area contributed by atoms with E-state index in [1.165, 1.54) is 6.07 Å². The van der Waals surface area contributed by atoms with Gasteiger partial charge in [-0.1, -0.05) is 0 Å². The Morgan fingerprint density at radius 3 is 2.50 bits per heavy atom. The number of hydrogen-bond acceptors (Lipinski definition) is 3. The first-order chi connectivity index (χ1) is 11.0. The van der Waals surface area contributed by atoms with Crippen molar-refractivity contribution in [3.05, 3.63) is 23.8 Å². The van der Waals surface area contributed by atoms with Crippen molar-refractivity contribution in [2.24, 2.45) is 0 Å². The van der Waals surface area contributed by atoms with Crippen molar-refractivity contribution < 1.29 is 27.4 Å². The zero-order chi connectivity index (χ0) is 18.1. The molecule has 0 radical (unpaired) electrons. The maximum Gasteiger partial charge on any atom is 0.409 e. The highest BCUT2D eigenvalue weighted by Crippen LogP contribution is 2.40. The van der Waals surface area contributed by atoms with Gasteiger partial charge in [0.2, 0.25) is 5.69 Å². The van der Waals surface area contributed by atoms with Gasteiger partial charge in [-0.2, -0.15) is 4.58 Å². The van der Waals surface area contributed by atoms with Gasteiger partial charge in [0.1, 0.15) is 11.4 Å². The van der Waals surface area contributed by atoms with E-state index in [1.54, 1.807) is 12.1 Å². The predicted molar refractivity (Wildman–Crippen MR) is 91.8 cm³/mol. The molecule has 0 bridgehead atoms. The topological polar surface area (TPSA) is 97.3 Å². The molecule has 0 unspecified atom stereocenters. The summed E-state index contributed by atoms with van der Waals surface area (Å²) >= 11 is 0. The molecule has 0 amide bonds. The number of rotatable bonds is 7. The van der Waals surface area contributed by atoms with Gasteiger partial charge in [0.25, 0.3) is 0 Å². The third-order valence-electron chi connectivity index (χ3n) is 4.82. The fourth-order valence-electron chi connectivity index (χ4n) is 3.14. The first-order valence-corrected chi connectivity index (χ1v) is 9.51. The van der Waals surface area contributed by atoms with Gasteiger partial charge in [0.15, 0.2) is 5.71 Å². The van der Waals surface area contributed by atoms with Gasteiger partial charge in [-0.15, -0.1) is 8.42 Å². The van der Waals surface area contributed by atoms with Crippen molar-refractivity contribution in [3.8, 4) is 0 Å². The van der Waals surface area contributed by atoms with E-state index in [2.05, 4.69) is 4.58 Å². The number of benzene rings is 1. The van der Waals surface area contributed by atoms with E-state index < -0.39 is 16.1 Å². The highest BCUT2D eigenvalue weighted by molar-refractivity contribution is 7.85. The maximum absolute atomic E-state index is 11.5. The first kappa shape index (κ1) is 18.6. The van der Waals surface area contributed by atoms with Gasteiger partial charge in [0.05, 0.1) is 5.41 Å². The Kier molecular flexibility index (Phi) is 5.15. The molecule has 3 N–H and O–H groups in total. The molecule has 0 saturated heterocycles. The molecule has 1 aromatic carbocycles. The Labute approximate surface area is 142 Å². The summed E-state index contributed by atoms with van der Waals surface area (Å²) in [5.41, 5.74) is 2.73. The average Bonchev–Trinajstić information content (AvgIpc) is 2.66. The van der Waals surface area contributed by atoms with Gasteiger partial charge < -0.3 is 9.66 Å². The van der Waals surface area contributed by atoms with Crippen LogP contribution < -0.4 is 0 Å². The zero-order valence-corrected chi connectivity index (χ0v) is 15.1. The number of aliphatic carboxylic acids is 1. The smallest absolute Gasteiger partial charge is 0.409 e. The molecule has 7 heteroatoms. The summed E-state index contributed by atoms with van der Waals surface area (Å²) in [6.07, 6.45) is 2.56. The summed E-state index contributed by atoms with van der Waals surface area (Å²) in [5, 5.41) is 8.68. The Morgan fingerprint density at radius 1 is 1.25 bits per heavy atom. The van der Waals surface area contributed by atoms with Crippen molar-refractivity contribution in [1.82, 2.24) is 0 Å². The lowest BCUT2D eigenvalue weighted by Gasteiger charge is -2.15. The third-order valence-corrected chi connectivity index (χ3v) is 5.70. The van der Waals surface area contributed by atoms with Crippen molar-refractivity contribution in [1.29, 1.82) is 0 Å². The second-order valence-electron chi connectivity index (χ2n) is 6.75. The molecule has 0 aliphatic carbocycles. The van der Waals surface area contributed by atoms with Gasteiger partial charge in [-0.25, -0.2) is 0 Å². The van der Waals surface area contributed by atoms with Crippen LogP contribution in [0.4, 0.5) is 5.69 Å². The van der Waals surface area contributed by atoms with Crippen LogP contribution in [0.5, 0.6) is 0 Å². The molecule has 2 rings (SSSR count). The van der Waals surface area contributed by atoms with Gasteiger partial charge in [-0.05, 0) is 38.8 Å². The summed E-state index contributed by atoms with van der Waals surface area (Å²) in [4.78, 5) is 10.6. The lowest BCUT2D eigenvalue weighted by molar-refractivity contribution is -0.439. The van der Waals surface area contributed by atoms with Crippen molar-refractivity contribution in [3.63, 3.8) is 0 Å². The summed E-state index contributed by atoms with van der Waals surface area (Å²) in [6.45, 7) is 6.90. The van der Waals surface area contributed by atoms with Gasteiger partial charge >= 0.3 is 16.1 Å². The fraction of sp³-hybridized carbons (Fsp3) is 0.529. The van der Waals surface area contributed by atoms with Crippen LogP contribution in [0.1, 0.15) is 52.0 Å². The predicted octanol–water partition coefficient (Wildman–Crippen LogP) is 2.14. The number of hydrogen-bond donors (Lipinski definition) is 1. The third kappa shape index (κ3) is 3.67. The van der Waals surface area contributed by atoms with E-state index in [0.717, 1.165) is 36.3 Å². The zero-order valence-electron chi connectivity index (χ0n) is 14.3. The van der Waals surface area contributed by atoms with E-state index in [9.17, 15) is 13.2 Å². The maximum atomic E-state index is 11.5. The normalized spacial score (nSPS) is 16.3. The molecule has 132 valence electrons. The molecule has 1 aliphatic heterocycles. The lowest BCUT2D eigenvalue weighted by atomic mass is 9.82. The molecule has 1 aromatic rings. The van der Waals surface area contributed by atoms with Gasteiger partial charge in [0, 0.05) is 31.4 Å². The average molecular weight is 355 g/mol. The quantitative estimate of drug-likeness (QED) is 0.460. The summed E-state index contributed by atoms with van der Waals surface area (Å²) in [6, 6.07) is 4.85. The van der Waals surface area contributed by atoms with E-state index >= 15 is 0 Å². The molecule has 0 aromatic heterocycles. The summed E-state index contributed by atoms with van der Waals surface area (Å²) in [7, 11) is -3.98. The van der Waals surface area contributed by atoms with Gasteiger partial charge in [-0.3, -0.25) is 4.79 Å². The molecule has 0 atom stereocenters. The van der Waals surface area contributed by atoms with Crippen molar-refractivity contribution >= 4 is 27.5 Å². The largest absolute Gasteiger partial charge is 0.481 e. The van der Waals surface area contributed by atoms with Crippen LogP contribution in [0, 0.1) is 0 Å². The molecule has 1 aliphatic rings. The molecule has 6 nitrogen and oxygen atoms in total. The van der Waals surface area contributed by atoms with E-state index in [-0.39, 0.29) is 16.7 Å². The fourth-order valence-corrected chi connectivity index (χ4v) is 3.66. The minimum atomic E-state index is -3.98. The number of carbonyl (C=O) groups is 1. The molecular weight excluding hydrogens is 330 g/mol. The minimum absolute atomic E-state index is 0.0189. The Bertz CT molecular complexity index is 793. The number of carboxylic acids is 1. The SMILES string of the molecule is CC1=[N+](CCCCCC(=O)O)c2ccc(S(=O)(=O)[OH2+])cc2C1(C)C. The number of fused-ring (bicyclic) bond motifs is 1. The molecular formula is C17H25NO5S+2. The van der Waals surface area contributed by atoms with Crippen LogP contribution >= 0.6 is 0 Å². The van der Waals surface area contributed by atoms with Crippen LogP contribution in [-0.2, 0) is 20.3 Å². The monoisotopic (exact) mass is 355 g/mol. The summed E-state index contributed by atoms with van der Waals surface area (Å²) in [5.74, 6) is -0.769. The number of nitrogens with zero attached hydrogens (tertiary/aromatic N) is 1.